The van der Waals surface area contributed by atoms with E-state index in [0.29, 0.717) is 11.4 Å². The fraction of sp³-hybridized carbons (Fsp3) is 0.125. The second-order valence-electron chi connectivity index (χ2n) is 7.09. The molecule has 1 N–H and O–H groups in total. The van der Waals surface area contributed by atoms with Crippen LogP contribution < -0.4 is 10.9 Å². The van der Waals surface area contributed by atoms with Crippen LogP contribution >= 0.6 is 0 Å². The zero-order valence-corrected chi connectivity index (χ0v) is 16.3. The number of anilines is 1. The predicted molar refractivity (Wildman–Crippen MR) is 116 cm³/mol. The van der Waals surface area contributed by atoms with Gasteiger partial charge in [0.1, 0.15) is 6.54 Å². The number of nitrogens with zero attached hydrogens (tertiary/aromatic N) is 2. The van der Waals surface area contributed by atoms with Crippen molar-refractivity contribution in [2.24, 2.45) is 0 Å². The average molecular weight is 383 g/mol. The number of aromatic nitrogens is 2. The molecular formula is C24H21N3O2. The number of hydrogen-bond donors (Lipinski definition) is 1. The molecule has 3 aromatic carbocycles. The Hall–Kier alpha value is -3.73. The van der Waals surface area contributed by atoms with Gasteiger partial charge in [-0.15, -0.1) is 0 Å². The Labute approximate surface area is 168 Å². The van der Waals surface area contributed by atoms with Gasteiger partial charge in [-0.1, -0.05) is 48.5 Å². The van der Waals surface area contributed by atoms with Crippen molar-refractivity contribution < 1.29 is 4.79 Å². The summed E-state index contributed by atoms with van der Waals surface area (Å²) in [6, 6.07) is 22.7. The molecule has 0 fully saturated rings. The van der Waals surface area contributed by atoms with Gasteiger partial charge in [0.15, 0.2) is 0 Å². The van der Waals surface area contributed by atoms with Gasteiger partial charge in [-0.3, -0.25) is 9.59 Å². The van der Waals surface area contributed by atoms with E-state index in [1.807, 2.05) is 74.5 Å². The third kappa shape index (κ3) is 3.94. The molecule has 4 rings (SSSR count). The quantitative estimate of drug-likeness (QED) is 0.571. The molecule has 0 aliphatic heterocycles. The highest BCUT2D eigenvalue weighted by atomic mass is 16.2. The summed E-state index contributed by atoms with van der Waals surface area (Å²) in [4.78, 5) is 24.9. The molecule has 4 aromatic rings. The van der Waals surface area contributed by atoms with Crippen molar-refractivity contribution in [1.82, 2.24) is 9.78 Å². The minimum Gasteiger partial charge on any atom is -0.324 e. The predicted octanol–water partition coefficient (Wildman–Crippen LogP) is 4.32. The third-order valence-corrected chi connectivity index (χ3v) is 5.03. The van der Waals surface area contributed by atoms with Crippen LogP contribution in [-0.4, -0.2) is 15.7 Å². The first-order valence-electron chi connectivity index (χ1n) is 9.45. The van der Waals surface area contributed by atoms with Crippen molar-refractivity contribution in [2.75, 3.05) is 5.32 Å². The highest BCUT2D eigenvalue weighted by molar-refractivity contribution is 6.01. The normalized spacial score (nSPS) is 10.8. The first-order chi connectivity index (χ1) is 14.0. The van der Waals surface area contributed by atoms with Crippen LogP contribution in [0.1, 0.15) is 11.1 Å². The first-order valence-corrected chi connectivity index (χ1v) is 9.45. The zero-order chi connectivity index (χ0) is 20.4. The van der Waals surface area contributed by atoms with Crippen LogP contribution in [0.15, 0.2) is 77.6 Å². The van der Waals surface area contributed by atoms with Crippen molar-refractivity contribution in [2.45, 2.75) is 20.4 Å². The molecule has 0 aliphatic carbocycles. The number of fused-ring (bicyclic) bond motifs is 1. The van der Waals surface area contributed by atoms with E-state index >= 15 is 0 Å². The topological polar surface area (TPSA) is 64.0 Å². The SMILES string of the molecule is Cc1ccc(-c2ccc(=O)n(CC(=O)Nc3cccc4ccccc34)n2)cc1C. The highest BCUT2D eigenvalue weighted by Gasteiger charge is 2.10. The van der Waals surface area contributed by atoms with E-state index in [0.717, 1.165) is 21.9 Å². The third-order valence-electron chi connectivity index (χ3n) is 5.03. The Bertz CT molecular complexity index is 1270. The van der Waals surface area contributed by atoms with E-state index in [9.17, 15) is 9.59 Å². The molecule has 0 bridgehead atoms. The van der Waals surface area contributed by atoms with E-state index in [1.54, 1.807) is 6.07 Å². The number of carbonyl (C=O) groups excluding carboxylic acids is 1. The van der Waals surface area contributed by atoms with Gasteiger partial charge in [-0.2, -0.15) is 5.10 Å². The number of benzene rings is 3. The number of hydrogen-bond acceptors (Lipinski definition) is 3. The lowest BCUT2D eigenvalue weighted by Crippen LogP contribution is -2.29. The molecule has 144 valence electrons. The summed E-state index contributed by atoms with van der Waals surface area (Å²) in [6.07, 6.45) is 0. The smallest absolute Gasteiger partial charge is 0.267 e. The highest BCUT2D eigenvalue weighted by Crippen LogP contribution is 2.23. The number of carbonyl (C=O) groups is 1. The zero-order valence-electron chi connectivity index (χ0n) is 16.3. The van der Waals surface area contributed by atoms with Gasteiger partial charge in [0.25, 0.3) is 5.56 Å². The van der Waals surface area contributed by atoms with Gasteiger partial charge in [0, 0.05) is 22.7 Å². The molecule has 0 atom stereocenters. The van der Waals surface area contributed by atoms with Crippen molar-refractivity contribution in [3.05, 3.63) is 94.3 Å². The maximum Gasteiger partial charge on any atom is 0.267 e. The average Bonchev–Trinajstić information content (AvgIpc) is 2.72. The minimum absolute atomic E-state index is 0.152. The van der Waals surface area contributed by atoms with Crippen molar-refractivity contribution >= 4 is 22.4 Å². The van der Waals surface area contributed by atoms with Gasteiger partial charge in [-0.25, -0.2) is 4.68 Å². The second-order valence-corrected chi connectivity index (χ2v) is 7.09. The van der Waals surface area contributed by atoms with E-state index in [1.165, 1.54) is 16.3 Å². The summed E-state index contributed by atoms with van der Waals surface area (Å²) >= 11 is 0. The van der Waals surface area contributed by atoms with Crippen LogP contribution in [0.2, 0.25) is 0 Å². The lowest BCUT2D eigenvalue weighted by atomic mass is 10.0. The molecule has 0 aliphatic rings. The van der Waals surface area contributed by atoms with Gasteiger partial charge in [0.05, 0.1) is 5.69 Å². The number of nitrogens with one attached hydrogen (secondary N) is 1. The Balaban J connectivity index is 1.59. The fourth-order valence-corrected chi connectivity index (χ4v) is 3.28. The summed E-state index contributed by atoms with van der Waals surface area (Å²) in [5.41, 5.74) is 4.31. The molecule has 0 spiro atoms. The van der Waals surface area contributed by atoms with Gasteiger partial charge in [0.2, 0.25) is 5.91 Å². The van der Waals surface area contributed by atoms with E-state index in [4.69, 9.17) is 0 Å². The van der Waals surface area contributed by atoms with Gasteiger partial charge in [-0.05, 0) is 48.6 Å². The lowest BCUT2D eigenvalue weighted by Gasteiger charge is -2.11. The van der Waals surface area contributed by atoms with E-state index in [2.05, 4.69) is 10.4 Å². The monoisotopic (exact) mass is 383 g/mol. The fourth-order valence-electron chi connectivity index (χ4n) is 3.28. The molecule has 0 unspecified atom stereocenters. The molecule has 1 amide bonds. The van der Waals surface area contributed by atoms with Crippen LogP contribution in [0, 0.1) is 13.8 Å². The van der Waals surface area contributed by atoms with E-state index in [-0.39, 0.29) is 18.0 Å². The van der Waals surface area contributed by atoms with E-state index < -0.39 is 0 Å². The van der Waals surface area contributed by atoms with Crippen LogP contribution in [-0.2, 0) is 11.3 Å². The molecule has 0 saturated heterocycles. The molecule has 5 heteroatoms. The lowest BCUT2D eigenvalue weighted by molar-refractivity contribution is -0.117. The molecule has 29 heavy (non-hydrogen) atoms. The number of aryl methyl sites for hydroxylation is 2. The van der Waals surface area contributed by atoms with Crippen LogP contribution in [0.25, 0.3) is 22.0 Å². The molecule has 0 saturated carbocycles. The molecule has 1 aromatic heterocycles. The largest absolute Gasteiger partial charge is 0.324 e. The number of amides is 1. The minimum atomic E-state index is -0.314. The summed E-state index contributed by atoms with van der Waals surface area (Å²) in [6.45, 7) is 3.93. The maximum absolute atomic E-state index is 12.6. The van der Waals surface area contributed by atoms with Crippen LogP contribution in [0.3, 0.4) is 0 Å². The van der Waals surface area contributed by atoms with Crippen molar-refractivity contribution in [1.29, 1.82) is 0 Å². The summed E-state index contributed by atoms with van der Waals surface area (Å²) in [5.74, 6) is -0.298. The molecule has 0 radical (unpaired) electrons. The second kappa shape index (κ2) is 7.72. The summed E-state index contributed by atoms with van der Waals surface area (Å²) in [5, 5.41) is 9.29. The Kier molecular flexibility index (Phi) is 4.96. The van der Waals surface area contributed by atoms with Gasteiger partial charge < -0.3 is 5.32 Å². The van der Waals surface area contributed by atoms with Crippen molar-refractivity contribution in [3.8, 4) is 11.3 Å². The standard InChI is InChI=1S/C24H21N3O2/c1-16-10-11-19(14-17(16)2)21-12-13-24(29)27(26-21)15-23(28)25-22-9-5-7-18-6-3-4-8-20(18)22/h3-14H,15H2,1-2H3,(H,25,28). The van der Waals surface area contributed by atoms with Gasteiger partial charge >= 0.3 is 0 Å². The summed E-state index contributed by atoms with van der Waals surface area (Å²) < 4.78 is 1.20. The van der Waals surface area contributed by atoms with Crippen LogP contribution in [0.4, 0.5) is 5.69 Å². The maximum atomic E-state index is 12.6. The Morgan fingerprint density at radius 1 is 0.931 bits per heavy atom. The Morgan fingerprint density at radius 2 is 1.72 bits per heavy atom. The van der Waals surface area contributed by atoms with Crippen LogP contribution in [0.5, 0.6) is 0 Å². The molecular weight excluding hydrogens is 362 g/mol. The first kappa shape index (κ1) is 18.6. The summed E-state index contributed by atoms with van der Waals surface area (Å²) in [7, 11) is 0. The molecule has 1 heterocycles. The number of rotatable bonds is 4. The Morgan fingerprint density at radius 3 is 2.55 bits per heavy atom. The van der Waals surface area contributed by atoms with Crippen molar-refractivity contribution in [3.63, 3.8) is 0 Å². The molecule has 5 nitrogen and oxygen atoms in total.